The second-order valence-corrected chi connectivity index (χ2v) is 10.1. The molecule has 2 fully saturated rings. The van der Waals surface area contributed by atoms with Crippen molar-refractivity contribution in [2.75, 3.05) is 32.7 Å². The highest BCUT2D eigenvalue weighted by atomic mass is 32.1. The molecule has 0 spiro atoms. The zero-order valence-corrected chi connectivity index (χ0v) is 19.8. The van der Waals surface area contributed by atoms with E-state index in [2.05, 4.69) is 4.98 Å². The molecule has 2 aliphatic heterocycles. The van der Waals surface area contributed by atoms with Crippen molar-refractivity contribution in [1.29, 1.82) is 0 Å². The van der Waals surface area contributed by atoms with E-state index in [0.717, 1.165) is 46.4 Å². The maximum Gasteiger partial charge on any atom is 0.262 e. The molecule has 10 nitrogen and oxygen atoms in total. The summed E-state index contributed by atoms with van der Waals surface area (Å²) in [5.41, 5.74) is 1.07. The molecule has 34 heavy (non-hydrogen) atoms. The Hall–Kier alpha value is -3.08. The number of likely N-dealkylation sites (tertiary alicyclic amines) is 1. The van der Waals surface area contributed by atoms with E-state index in [1.165, 1.54) is 15.8 Å². The van der Waals surface area contributed by atoms with Gasteiger partial charge in [0.1, 0.15) is 11.4 Å². The lowest BCUT2D eigenvalue weighted by Crippen LogP contribution is -2.53. The summed E-state index contributed by atoms with van der Waals surface area (Å²) in [5, 5.41) is 0.719. The second kappa shape index (κ2) is 9.28. The van der Waals surface area contributed by atoms with E-state index in [1.54, 1.807) is 21.1 Å². The summed E-state index contributed by atoms with van der Waals surface area (Å²) in [6.45, 7) is 1.53. The fraction of sp³-hybridized carbons (Fsp3) is 0.565. The van der Waals surface area contributed by atoms with Crippen molar-refractivity contribution in [1.82, 2.24) is 24.3 Å². The number of aryl methyl sites for hydroxylation is 3. The van der Waals surface area contributed by atoms with Gasteiger partial charge in [-0.05, 0) is 31.2 Å². The van der Waals surface area contributed by atoms with E-state index >= 15 is 0 Å². The number of carbonyl (C=O) groups is 4. The highest BCUT2D eigenvalue weighted by molar-refractivity contribution is 7.18. The summed E-state index contributed by atoms with van der Waals surface area (Å²) < 4.78 is 1.53. The summed E-state index contributed by atoms with van der Waals surface area (Å²) in [7, 11) is 0. The maximum atomic E-state index is 13.1. The van der Waals surface area contributed by atoms with Crippen molar-refractivity contribution >= 4 is 45.2 Å². The van der Waals surface area contributed by atoms with E-state index in [-0.39, 0.29) is 61.5 Å². The Labute approximate surface area is 200 Å². The molecule has 0 aromatic carbocycles. The molecule has 4 heterocycles. The Bertz CT molecular complexity index is 1210. The minimum absolute atomic E-state index is 0.0707. The Kier molecular flexibility index (Phi) is 6.20. The van der Waals surface area contributed by atoms with Gasteiger partial charge in [-0.25, -0.2) is 4.98 Å². The van der Waals surface area contributed by atoms with E-state index in [4.69, 9.17) is 0 Å². The first-order valence-electron chi connectivity index (χ1n) is 11.8. The van der Waals surface area contributed by atoms with Crippen LogP contribution in [-0.4, -0.2) is 80.6 Å². The van der Waals surface area contributed by atoms with Crippen LogP contribution in [0.4, 0.5) is 0 Å². The van der Waals surface area contributed by atoms with Gasteiger partial charge in [-0.3, -0.25) is 33.4 Å². The van der Waals surface area contributed by atoms with Gasteiger partial charge in [-0.1, -0.05) is 0 Å². The van der Waals surface area contributed by atoms with Crippen LogP contribution in [0.25, 0.3) is 10.2 Å². The molecule has 180 valence electrons. The topological polar surface area (TPSA) is 113 Å². The minimum atomic E-state index is -0.307. The number of hydrogen-bond donors (Lipinski definition) is 0. The molecule has 5 rings (SSSR count). The Balaban J connectivity index is 1.16. The van der Waals surface area contributed by atoms with E-state index < -0.39 is 0 Å². The van der Waals surface area contributed by atoms with Gasteiger partial charge < -0.3 is 9.80 Å². The lowest BCUT2D eigenvalue weighted by atomic mass is 9.97. The van der Waals surface area contributed by atoms with E-state index in [9.17, 15) is 24.0 Å². The molecular weight excluding hydrogens is 458 g/mol. The molecular formula is C23H27N5O5S. The first-order valence-corrected chi connectivity index (χ1v) is 12.6. The molecule has 2 saturated heterocycles. The lowest BCUT2D eigenvalue weighted by Gasteiger charge is -2.35. The minimum Gasteiger partial charge on any atom is -0.339 e. The molecule has 2 aromatic rings. The standard InChI is InChI=1S/C23H27N5O5S/c29-17(25-9-11-26(12-10-25)20(32)13-28-18(30)5-6-19(28)31)7-8-27-14-24-22-21(23(27)33)15-3-1-2-4-16(15)34-22/h14H,1-13H2. The number of piperazine rings is 1. The van der Waals surface area contributed by atoms with Crippen LogP contribution in [0.1, 0.15) is 42.5 Å². The second-order valence-electron chi connectivity index (χ2n) is 9.02. The number of carbonyl (C=O) groups excluding carboxylic acids is 4. The molecule has 11 heteroatoms. The molecule has 1 aliphatic carbocycles. The highest BCUT2D eigenvalue weighted by Gasteiger charge is 2.33. The number of aromatic nitrogens is 2. The van der Waals surface area contributed by atoms with Crippen molar-refractivity contribution in [2.45, 2.75) is 51.5 Å². The predicted octanol–water partition coefficient (Wildman–Crippen LogP) is 0.547. The first kappa shape index (κ1) is 22.7. The third-order valence-corrected chi connectivity index (χ3v) is 8.14. The van der Waals surface area contributed by atoms with Gasteiger partial charge >= 0.3 is 0 Å². The molecule has 0 bridgehead atoms. The van der Waals surface area contributed by atoms with Crippen molar-refractivity contribution in [3.05, 3.63) is 27.1 Å². The summed E-state index contributed by atoms with van der Waals surface area (Å²) in [4.78, 5) is 72.6. The van der Waals surface area contributed by atoms with E-state index in [0.29, 0.717) is 26.2 Å². The van der Waals surface area contributed by atoms with Crippen molar-refractivity contribution < 1.29 is 19.2 Å². The van der Waals surface area contributed by atoms with Crippen LogP contribution < -0.4 is 5.56 Å². The summed E-state index contributed by atoms with van der Waals surface area (Å²) in [5.74, 6) is -0.965. The first-order chi connectivity index (χ1) is 16.4. The zero-order chi connectivity index (χ0) is 23.8. The van der Waals surface area contributed by atoms with Crippen LogP contribution in [0.2, 0.25) is 0 Å². The molecule has 0 N–H and O–H groups in total. The third-order valence-electron chi connectivity index (χ3n) is 6.94. The quantitative estimate of drug-likeness (QED) is 0.572. The van der Waals surface area contributed by atoms with Gasteiger partial charge in [0.25, 0.3) is 5.56 Å². The van der Waals surface area contributed by atoms with Crippen LogP contribution in [0, 0.1) is 0 Å². The predicted molar refractivity (Wildman–Crippen MR) is 124 cm³/mol. The fourth-order valence-corrected chi connectivity index (χ4v) is 6.17. The molecule has 0 radical (unpaired) electrons. The Morgan fingerprint density at radius 2 is 1.53 bits per heavy atom. The van der Waals surface area contributed by atoms with Gasteiger partial charge in [-0.15, -0.1) is 11.3 Å². The maximum absolute atomic E-state index is 13.1. The van der Waals surface area contributed by atoms with Gasteiger partial charge in [0.2, 0.25) is 23.6 Å². The number of hydrogen-bond acceptors (Lipinski definition) is 7. The summed E-state index contributed by atoms with van der Waals surface area (Å²) >= 11 is 1.61. The van der Waals surface area contributed by atoms with E-state index in [1.807, 2.05) is 0 Å². The summed E-state index contributed by atoms with van der Waals surface area (Å²) in [6.07, 6.45) is 6.21. The Morgan fingerprint density at radius 3 is 2.24 bits per heavy atom. The van der Waals surface area contributed by atoms with Gasteiger partial charge in [-0.2, -0.15) is 0 Å². The van der Waals surface area contributed by atoms with Gasteiger partial charge in [0.05, 0.1) is 11.7 Å². The molecule has 3 aliphatic rings. The van der Waals surface area contributed by atoms with Gasteiger partial charge in [0, 0.05) is 56.9 Å². The lowest BCUT2D eigenvalue weighted by molar-refractivity contribution is -0.147. The molecule has 0 unspecified atom stereocenters. The molecule has 0 atom stereocenters. The number of fused-ring (bicyclic) bond motifs is 3. The van der Waals surface area contributed by atoms with Crippen LogP contribution in [-0.2, 0) is 38.6 Å². The van der Waals surface area contributed by atoms with Crippen LogP contribution in [0.5, 0.6) is 0 Å². The number of nitrogens with zero attached hydrogens (tertiary/aromatic N) is 5. The third kappa shape index (κ3) is 4.24. The number of rotatable bonds is 5. The zero-order valence-electron chi connectivity index (χ0n) is 19.0. The normalized spacial score (nSPS) is 18.6. The smallest absolute Gasteiger partial charge is 0.262 e. The average molecular weight is 486 g/mol. The largest absolute Gasteiger partial charge is 0.339 e. The van der Waals surface area contributed by atoms with Crippen molar-refractivity contribution in [3.8, 4) is 0 Å². The monoisotopic (exact) mass is 485 g/mol. The average Bonchev–Trinajstić information content (AvgIpc) is 3.38. The fourth-order valence-electron chi connectivity index (χ4n) is 4.95. The Morgan fingerprint density at radius 1 is 0.882 bits per heavy atom. The van der Waals surface area contributed by atoms with Crippen LogP contribution in [0.15, 0.2) is 11.1 Å². The number of imide groups is 1. The molecule has 2 aromatic heterocycles. The molecule has 0 saturated carbocycles. The SMILES string of the molecule is O=C(CCn1cnc2sc3c(c2c1=O)CCCC3)N1CCN(C(=O)CN2C(=O)CCC2=O)CC1. The number of amides is 4. The molecule has 4 amide bonds. The highest BCUT2D eigenvalue weighted by Crippen LogP contribution is 2.33. The van der Waals surface area contributed by atoms with Crippen LogP contribution in [0.3, 0.4) is 0 Å². The number of thiophene rings is 1. The van der Waals surface area contributed by atoms with Gasteiger partial charge in [0.15, 0.2) is 0 Å². The van der Waals surface area contributed by atoms with Crippen LogP contribution >= 0.6 is 11.3 Å². The van der Waals surface area contributed by atoms with Crippen molar-refractivity contribution in [3.63, 3.8) is 0 Å². The van der Waals surface area contributed by atoms with Crippen molar-refractivity contribution in [2.24, 2.45) is 0 Å². The summed E-state index contributed by atoms with van der Waals surface area (Å²) in [6, 6.07) is 0.